The first-order chi connectivity index (χ1) is 15.0. The van der Waals surface area contributed by atoms with E-state index in [1.807, 2.05) is 19.2 Å². The summed E-state index contributed by atoms with van der Waals surface area (Å²) in [4.78, 5) is 20.2. The fraction of sp³-hybridized carbons (Fsp3) is 0.478. The van der Waals surface area contributed by atoms with Gasteiger partial charge in [0, 0.05) is 42.6 Å². The number of rotatable bonds is 4. The van der Waals surface area contributed by atoms with Crippen LogP contribution in [0.15, 0.2) is 36.5 Å². The molecule has 1 amide bonds. The minimum Gasteiger partial charge on any atom is -0.379 e. The van der Waals surface area contributed by atoms with Gasteiger partial charge in [0.05, 0.1) is 41.4 Å². The molecule has 2 bridgehead atoms. The van der Waals surface area contributed by atoms with E-state index in [0.29, 0.717) is 21.8 Å². The fourth-order valence-electron chi connectivity index (χ4n) is 5.28. The molecule has 2 aromatic rings. The summed E-state index contributed by atoms with van der Waals surface area (Å²) in [7, 11) is 0. The minimum absolute atomic E-state index is 0.0314. The van der Waals surface area contributed by atoms with E-state index < -0.39 is 0 Å². The maximum absolute atomic E-state index is 13.4. The molecule has 1 aromatic carbocycles. The van der Waals surface area contributed by atoms with Crippen LogP contribution in [-0.4, -0.2) is 60.3 Å². The molecule has 5 unspecified atom stereocenters. The highest BCUT2D eigenvalue weighted by Gasteiger charge is 2.58. The number of ether oxygens (including phenoxy) is 2. The van der Waals surface area contributed by atoms with Crippen LogP contribution in [0.4, 0.5) is 5.69 Å². The van der Waals surface area contributed by atoms with Gasteiger partial charge >= 0.3 is 0 Å². The predicted octanol–water partition coefficient (Wildman–Crippen LogP) is 3.91. The molecule has 164 valence electrons. The van der Waals surface area contributed by atoms with E-state index in [-0.39, 0.29) is 30.0 Å². The third-order valence-electron chi connectivity index (χ3n) is 6.64. The van der Waals surface area contributed by atoms with Crippen molar-refractivity contribution in [2.45, 2.75) is 37.5 Å². The largest absolute Gasteiger partial charge is 0.379 e. The zero-order valence-electron chi connectivity index (χ0n) is 17.3. The molecule has 3 aliphatic rings. The Balaban J connectivity index is 1.43. The third-order valence-corrected chi connectivity index (χ3v) is 7.38. The Labute approximate surface area is 191 Å². The van der Waals surface area contributed by atoms with Crippen LogP contribution in [0.3, 0.4) is 0 Å². The number of aromatic nitrogens is 1. The van der Waals surface area contributed by atoms with Crippen molar-refractivity contribution in [3.05, 3.63) is 57.8 Å². The van der Waals surface area contributed by atoms with E-state index >= 15 is 0 Å². The summed E-state index contributed by atoms with van der Waals surface area (Å²) in [5.74, 6) is -0.361. The van der Waals surface area contributed by atoms with E-state index in [1.54, 1.807) is 18.2 Å². The molecule has 0 radical (unpaired) electrons. The van der Waals surface area contributed by atoms with E-state index in [0.717, 1.165) is 44.0 Å². The van der Waals surface area contributed by atoms with Crippen LogP contribution in [0.5, 0.6) is 0 Å². The monoisotopic (exact) mass is 461 g/mol. The van der Waals surface area contributed by atoms with E-state index in [4.69, 9.17) is 32.7 Å². The lowest BCUT2D eigenvalue weighted by Crippen LogP contribution is -2.52. The molecule has 3 fully saturated rings. The molecular formula is C23H25Cl2N3O3. The molecule has 0 aliphatic carbocycles. The van der Waals surface area contributed by atoms with Crippen LogP contribution in [0.2, 0.25) is 10.0 Å². The number of morpholine rings is 1. The van der Waals surface area contributed by atoms with Crippen LogP contribution in [0.1, 0.15) is 23.6 Å². The molecule has 8 heteroatoms. The summed E-state index contributed by atoms with van der Waals surface area (Å²) in [6.07, 6.45) is 2.51. The molecule has 0 spiro atoms. The second kappa shape index (κ2) is 8.68. The number of amides is 1. The van der Waals surface area contributed by atoms with Gasteiger partial charge in [0.2, 0.25) is 5.91 Å². The third kappa shape index (κ3) is 4.08. The summed E-state index contributed by atoms with van der Waals surface area (Å²) in [5.41, 5.74) is 2.68. The average molecular weight is 462 g/mol. The maximum atomic E-state index is 13.4. The molecule has 5 rings (SSSR count). The van der Waals surface area contributed by atoms with Gasteiger partial charge in [0.1, 0.15) is 0 Å². The first-order valence-corrected chi connectivity index (χ1v) is 11.4. The van der Waals surface area contributed by atoms with Crippen molar-refractivity contribution in [1.29, 1.82) is 0 Å². The smallest absolute Gasteiger partial charge is 0.230 e. The average Bonchev–Trinajstić information content (AvgIpc) is 3.36. The van der Waals surface area contributed by atoms with Crippen LogP contribution in [0, 0.1) is 12.8 Å². The number of nitrogens with one attached hydrogen (secondary N) is 1. The Kier molecular flexibility index (Phi) is 5.92. The Morgan fingerprint density at radius 1 is 1.16 bits per heavy atom. The standard InChI is InChI=1S/C23H25Cl2N3O3/c1-13-10-14(4-5-26-13)20-21(23(29)27-15-2-3-16(24)17(25)11-15)19-12-18(22(20)31-19)28-6-8-30-9-7-28/h2-5,10-11,18-22H,6-9,12H2,1H3,(H,27,29). The van der Waals surface area contributed by atoms with Crippen LogP contribution in [-0.2, 0) is 14.3 Å². The zero-order chi connectivity index (χ0) is 21.5. The quantitative estimate of drug-likeness (QED) is 0.747. The number of anilines is 1. The minimum atomic E-state index is -0.279. The van der Waals surface area contributed by atoms with Gasteiger partial charge in [-0.05, 0) is 49.2 Å². The Morgan fingerprint density at radius 3 is 2.71 bits per heavy atom. The molecule has 3 saturated heterocycles. The maximum Gasteiger partial charge on any atom is 0.230 e. The summed E-state index contributed by atoms with van der Waals surface area (Å²) in [5, 5.41) is 3.91. The second-order valence-corrected chi connectivity index (χ2v) is 9.31. The SMILES string of the molecule is Cc1cc(C2C3OC(CC3N3CCOCC3)C2C(=O)Nc2ccc(Cl)c(Cl)c2)ccn1. The number of carbonyl (C=O) groups excluding carboxylic acids is 1. The number of hydrogen-bond acceptors (Lipinski definition) is 5. The number of fused-ring (bicyclic) bond motifs is 2. The summed E-state index contributed by atoms with van der Waals surface area (Å²) in [6, 6.07) is 9.51. The van der Waals surface area contributed by atoms with Gasteiger partial charge in [-0.15, -0.1) is 0 Å². The number of carbonyl (C=O) groups is 1. The molecule has 31 heavy (non-hydrogen) atoms. The van der Waals surface area contributed by atoms with Crippen molar-refractivity contribution < 1.29 is 14.3 Å². The highest BCUT2D eigenvalue weighted by Crippen LogP contribution is 2.51. The Hall–Kier alpha value is -1.70. The summed E-state index contributed by atoms with van der Waals surface area (Å²) < 4.78 is 12.0. The van der Waals surface area contributed by atoms with Crippen LogP contribution >= 0.6 is 23.2 Å². The van der Waals surface area contributed by atoms with E-state index in [2.05, 4.69) is 21.3 Å². The number of aryl methyl sites for hydroxylation is 1. The van der Waals surface area contributed by atoms with Crippen LogP contribution < -0.4 is 5.32 Å². The highest BCUT2D eigenvalue weighted by molar-refractivity contribution is 6.42. The van der Waals surface area contributed by atoms with Gasteiger partial charge in [0.15, 0.2) is 0 Å². The second-order valence-electron chi connectivity index (χ2n) is 8.49. The van der Waals surface area contributed by atoms with Gasteiger partial charge in [-0.25, -0.2) is 0 Å². The lowest BCUT2D eigenvalue weighted by molar-refractivity contribution is -0.121. The molecule has 5 atom stereocenters. The van der Waals surface area contributed by atoms with Crippen molar-refractivity contribution in [3.63, 3.8) is 0 Å². The lowest BCUT2D eigenvalue weighted by Gasteiger charge is -2.40. The first-order valence-electron chi connectivity index (χ1n) is 10.7. The summed E-state index contributed by atoms with van der Waals surface area (Å²) >= 11 is 12.2. The van der Waals surface area contributed by atoms with Gasteiger partial charge < -0.3 is 14.8 Å². The number of halogens is 2. The van der Waals surface area contributed by atoms with Crippen molar-refractivity contribution in [2.75, 3.05) is 31.6 Å². The normalized spacial score (nSPS) is 30.5. The van der Waals surface area contributed by atoms with E-state index in [9.17, 15) is 4.79 Å². The number of benzene rings is 1. The molecule has 1 aromatic heterocycles. The Morgan fingerprint density at radius 2 is 1.97 bits per heavy atom. The topological polar surface area (TPSA) is 63.7 Å². The van der Waals surface area contributed by atoms with Gasteiger partial charge in [-0.1, -0.05) is 23.2 Å². The lowest BCUT2D eigenvalue weighted by atomic mass is 9.72. The van der Waals surface area contributed by atoms with Crippen molar-refractivity contribution >= 4 is 34.8 Å². The highest BCUT2D eigenvalue weighted by atomic mass is 35.5. The Bertz CT molecular complexity index is 982. The van der Waals surface area contributed by atoms with Crippen LogP contribution in [0.25, 0.3) is 0 Å². The first kappa shape index (κ1) is 21.2. The number of pyridine rings is 1. The molecule has 1 N–H and O–H groups in total. The zero-order valence-corrected chi connectivity index (χ0v) is 18.8. The number of nitrogens with zero attached hydrogens (tertiary/aromatic N) is 2. The number of hydrogen-bond donors (Lipinski definition) is 1. The molecule has 3 aliphatic heterocycles. The molecule has 6 nitrogen and oxygen atoms in total. The van der Waals surface area contributed by atoms with Crippen molar-refractivity contribution in [2.24, 2.45) is 5.92 Å². The summed E-state index contributed by atoms with van der Waals surface area (Å²) in [6.45, 7) is 5.27. The molecule has 0 saturated carbocycles. The molecular weight excluding hydrogens is 437 g/mol. The fourth-order valence-corrected chi connectivity index (χ4v) is 5.58. The predicted molar refractivity (Wildman–Crippen MR) is 120 cm³/mol. The van der Waals surface area contributed by atoms with Gasteiger partial charge in [0.25, 0.3) is 0 Å². The van der Waals surface area contributed by atoms with Crippen molar-refractivity contribution in [3.8, 4) is 0 Å². The van der Waals surface area contributed by atoms with Gasteiger partial charge in [-0.3, -0.25) is 14.7 Å². The molecule has 4 heterocycles. The van der Waals surface area contributed by atoms with Gasteiger partial charge in [-0.2, -0.15) is 0 Å². The van der Waals surface area contributed by atoms with Crippen molar-refractivity contribution in [1.82, 2.24) is 9.88 Å². The van der Waals surface area contributed by atoms with E-state index in [1.165, 1.54) is 0 Å².